The summed E-state index contributed by atoms with van der Waals surface area (Å²) in [7, 11) is 0. The molecule has 0 radical (unpaired) electrons. The highest BCUT2D eigenvalue weighted by atomic mass is 16.4. The van der Waals surface area contributed by atoms with Crippen LogP contribution in [0.2, 0.25) is 0 Å². The molecule has 12 N–H and O–H groups in total. The highest BCUT2D eigenvalue weighted by molar-refractivity contribution is 5.94. The van der Waals surface area contributed by atoms with Gasteiger partial charge in [-0.1, -0.05) is 30.3 Å². The van der Waals surface area contributed by atoms with Gasteiger partial charge in [0.25, 0.3) is 0 Å². The van der Waals surface area contributed by atoms with Crippen LogP contribution in [0.25, 0.3) is 0 Å². The van der Waals surface area contributed by atoms with E-state index in [1.165, 1.54) is 0 Å². The molecule has 0 aliphatic carbocycles. The minimum absolute atomic E-state index is 0.0411. The molecule has 0 saturated heterocycles. The fourth-order valence-electron chi connectivity index (χ4n) is 3.28. The number of rotatable bonds is 17. The number of aliphatic carboxylic acids is 2. The quantitative estimate of drug-likeness (QED) is 0.0548. The summed E-state index contributed by atoms with van der Waals surface area (Å²) in [4.78, 5) is 64.3. The monoisotopic (exact) mass is 537 g/mol. The molecule has 0 spiro atoms. The topological polar surface area (TPSA) is 273 Å². The largest absolute Gasteiger partial charge is 0.481 e. The van der Waals surface area contributed by atoms with Gasteiger partial charge in [0.1, 0.15) is 18.1 Å². The average molecular weight is 538 g/mol. The standard InChI is InChI=1S/C23H35N7O8/c24-14(11-13-5-2-1-3-6-13)19(34)28-15(8-9-18(32)33)20(35)30-17(12-31)21(36)29-16(22(37)38)7-4-10-27-23(25)26/h1-3,5-6,14-17,31H,4,7-12,24H2,(H,28,34)(H,29,36)(H,30,35)(H,32,33)(H,37,38)(H4,25,26,27). The minimum atomic E-state index is -1.58. The van der Waals surface area contributed by atoms with Gasteiger partial charge in [-0.05, 0) is 31.2 Å². The first-order valence-electron chi connectivity index (χ1n) is 11.8. The van der Waals surface area contributed by atoms with Crippen LogP contribution in [0.4, 0.5) is 0 Å². The van der Waals surface area contributed by atoms with Gasteiger partial charge in [0.05, 0.1) is 12.6 Å². The fourth-order valence-corrected chi connectivity index (χ4v) is 3.28. The van der Waals surface area contributed by atoms with Crippen LogP contribution in [-0.4, -0.2) is 88.3 Å². The van der Waals surface area contributed by atoms with Gasteiger partial charge in [-0.15, -0.1) is 0 Å². The molecule has 3 amide bonds. The van der Waals surface area contributed by atoms with Crippen LogP contribution in [0.5, 0.6) is 0 Å². The molecular formula is C23H35N7O8. The number of carboxylic acids is 2. The molecule has 0 saturated carbocycles. The third-order valence-corrected chi connectivity index (χ3v) is 5.29. The van der Waals surface area contributed by atoms with Crippen LogP contribution in [0, 0.1) is 0 Å². The van der Waals surface area contributed by atoms with E-state index in [0.717, 1.165) is 5.56 Å². The Bertz CT molecular complexity index is 985. The molecule has 1 aromatic rings. The summed E-state index contributed by atoms with van der Waals surface area (Å²) in [6.45, 7) is -0.773. The van der Waals surface area contributed by atoms with Crippen molar-refractivity contribution in [3.63, 3.8) is 0 Å². The van der Waals surface area contributed by atoms with Crippen molar-refractivity contribution in [2.75, 3.05) is 13.2 Å². The molecule has 15 nitrogen and oxygen atoms in total. The Hall–Kier alpha value is -4.24. The van der Waals surface area contributed by atoms with Crippen molar-refractivity contribution in [1.82, 2.24) is 16.0 Å². The Morgan fingerprint density at radius 3 is 1.97 bits per heavy atom. The molecule has 0 aromatic heterocycles. The van der Waals surface area contributed by atoms with E-state index in [9.17, 15) is 34.2 Å². The molecular weight excluding hydrogens is 502 g/mol. The van der Waals surface area contributed by atoms with Crippen LogP contribution in [0.1, 0.15) is 31.2 Å². The minimum Gasteiger partial charge on any atom is -0.481 e. The van der Waals surface area contributed by atoms with Crippen molar-refractivity contribution in [2.45, 2.75) is 56.3 Å². The second kappa shape index (κ2) is 16.5. The number of aliphatic imine (C=N–C) groups is 1. The number of amides is 3. The summed E-state index contributed by atoms with van der Waals surface area (Å²) in [5.41, 5.74) is 17.1. The van der Waals surface area contributed by atoms with E-state index in [-0.39, 0.29) is 38.2 Å². The Morgan fingerprint density at radius 2 is 1.42 bits per heavy atom. The van der Waals surface area contributed by atoms with Crippen molar-refractivity contribution in [3.8, 4) is 0 Å². The summed E-state index contributed by atoms with van der Waals surface area (Å²) >= 11 is 0. The molecule has 15 heteroatoms. The molecule has 1 aromatic carbocycles. The zero-order valence-electron chi connectivity index (χ0n) is 20.7. The molecule has 0 fully saturated rings. The molecule has 210 valence electrons. The normalized spacial score (nSPS) is 13.7. The number of nitrogens with two attached hydrogens (primary N) is 3. The van der Waals surface area contributed by atoms with Crippen LogP contribution in [0.15, 0.2) is 35.3 Å². The fraction of sp³-hybridized carbons (Fsp3) is 0.478. The number of hydrogen-bond donors (Lipinski definition) is 9. The van der Waals surface area contributed by atoms with E-state index < -0.39 is 66.9 Å². The van der Waals surface area contributed by atoms with E-state index in [1.54, 1.807) is 30.3 Å². The van der Waals surface area contributed by atoms with Gasteiger partial charge in [0.15, 0.2) is 5.96 Å². The van der Waals surface area contributed by atoms with Crippen LogP contribution >= 0.6 is 0 Å². The molecule has 0 aliphatic heterocycles. The van der Waals surface area contributed by atoms with E-state index in [0.29, 0.717) is 0 Å². The lowest BCUT2D eigenvalue weighted by Crippen LogP contribution is -2.58. The van der Waals surface area contributed by atoms with Crippen molar-refractivity contribution in [3.05, 3.63) is 35.9 Å². The van der Waals surface area contributed by atoms with Crippen molar-refractivity contribution >= 4 is 35.6 Å². The third kappa shape index (κ3) is 12.1. The van der Waals surface area contributed by atoms with Crippen LogP contribution in [-0.2, 0) is 30.4 Å². The number of aliphatic hydroxyl groups is 1. The number of nitrogens with zero attached hydrogens (tertiary/aromatic N) is 1. The number of hydrogen-bond acceptors (Lipinski definition) is 8. The summed E-state index contributed by atoms with van der Waals surface area (Å²) < 4.78 is 0. The van der Waals surface area contributed by atoms with Crippen molar-refractivity contribution in [2.24, 2.45) is 22.2 Å². The smallest absolute Gasteiger partial charge is 0.326 e. The second-order valence-corrected chi connectivity index (χ2v) is 8.38. The number of guanidine groups is 1. The van der Waals surface area contributed by atoms with Gasteiger partial charge in [0.2, 0.25) is 17.7 Å². The number of aliphatic hydroxyl groups excluding tert-OH is 1. The maximum absolute atomic E-state index is 12.8. The summed E-state index contributed by atoms with van der Waals surface area (Å²) in [6, 6.07) is 3.46. The molecule has 38 heavy (non-hydrogen) atoms. The van der Waals surface area contributed by atoms with Gasteiger partial charge in [-0.2, -0.15) is 0 Å². The van der Waals surface area contributed by atoms with Gasteiger partial charge in [0, 0.05) is 13.0 Å². The highest BCUT2D eigenvalue weighted by Gasteiger charge is 2.30. The first-order chi connectivity index (χ1) is 17.9. The molecule has 1 rings (SSSR count). The lowest BCUT2D eigenvalue weighted by molar-refractivity contribution is -0.142. The van der Waals surface area contributed by atoms with E-state index in [2.05, 4.69) is 20.9 Å². The van der Waals surface area contributed by atoms with Crippen LogP contribution in [0.3, 0.4) is 0 Å². The summed E-state index contributed by atoms with van der Waals surface area (Å²) in [5.74, 6) is -5.44. The number of benzene rings is 1. The second-order valence-electron chi connectivity index (χ2n) is 8.38. The first-order valence-corrected chi connectivity index (χ1v) is 11.8. The maximum Gasteiger partial charge on any atom is 0.326 e. The Morgan fingerprint density at radius 1 is 0.842 bits per heavy atom. The van der Waals surface area contributed by atoms with Gasteiger partial charge in [-0.3, -0.25) is 24.2 Å². The number of carbonyl (C=O) groups excluding carboxylic acids is 3. The zero-order chi connectivity index (χ0) is 28.7. The average Bonchev–Trinajstić information content (AvgIpc) is 2.86. The van der Waals surface area contributed by atoms with E-state index >= 15 is 0 Å². The van der Waals surface area contributed by atoms with Crippen LogP contribution < -0.4 is 33.2 Å². The Kier molecular flexibility index (Phi) is 13.8. The highest BCUT2D eigenvalue weighted by Crippen LogP contribution is 2.05. The lowest BCUT2D eigenvalue weighted by Gasteiger charge is -2.24. The molecule has 4 unspecified atom stereocenters. The predicted molar refractivity (Wildman–Crippen MR) is 135 cm³/mol. The third-order valence-electron chi connectivity index (χ3n) is 5.29. The number of carbonyl (C=O) groups is 5. The number of nitrogens with one attached hydrogen (secondary N) is 3. The molecule has 0 aliphatic rings. The number of carboxylic acid groups (broad SMARTS) is 2. The Labute approximate surface area is 218 Å². The van der Waals surface area contributed by atoms with Gasteiger partial charge in [-0.25, -0.2) is 4.79 Å². The summed E-state index contributed by atoms with van der Waals surface area (Å²) in [6.07, 6.45) is -0.480. The SMILES string of the molecule is NC(N)=NCCCC(NC(=O)C(CO)NC(=O)C(CCC(=O)O)NC(=O)C(N)Cc1ccccc1)C(=O)O. The lowest BCUT2D eigenvalue weighted by atomic mass is 10.0. The van der Waals surface area contributed by atoms with E-state index in [4.69, 9.17) is 22.3 Å². The summed E-state index contributed by atoms with van der Waals surface area (Å²) in [5, 5.41) is 34.8. The zero-order valence-corrected chi connectivity index (χ0v) is 20.7. The first kappa shape index (κ1) is 31.8. The molecule has 0 heterocycles. The maximum atomic E-state index is 12.8. The molecule has 4 atom stereocenters. The van der Waals surface area contributed by atoms with Crippen molar-refractivity contribution < 1.29 is 39.3 Å². The van der Waals surface area contributed by atoms with E-state index in [1.807, 2.05) is 0 Å². The molecule has 0 bridgehead atoms. The van der Waals surface area contributed by atoms with Crippen molar-refractivity contribution in [1.29, 1.82) is 0 Å². The predicted octanol–water partition coefficient (Wildman–Crippen LogP) is -2.99. The van der Waals surface area contributed by atoms with Gasteiger partial charge >= 0.3 is 11.9 Å². The van der Waals surface area contributed by atoms with Gasteiger partial charge < -0.3 is 48.5 Å². The Balaban J connectivity index is 2.84.